The van der Waals surface area contributed by atoms with E-state index in [2.05, 4.69) is 5.32 Å². The monoisotopic (exact) mass is 393 g/mol. The smallest absolute Gasteiger partial charge is 0.395 e. The molecule has 1 amide bonds. The SMILES string of the molecule is CCCS(=O)(=O)N1CCc2ccc(NC(=O)c3ccc([N+](=O)[O-])o3)cc2C1. The summed E-state index contributed by atoms with van der Waals surface area (Å²) in [6.45, 7) is 2.52. The van der Waals surface area contributed by atoms with Crippen LogP contribution in [0.5, 0.6) is 0 Å². The van der Waals surface area contributed by atoms with E-state index in [0.717, 1.165) is 17.2 Å². The van der Waals surface area contributed by atoms with Gasteiger partial charge in [0, 0.05) is 18.8 Å². The molecule has 2 heterocycles. The molecular formula is C17H19N3O6S. The van der Waals surface area contributed by atoms with Gasteiger partial charge in [-0.25, -0.2) is 8.42 Å². The predicted octanol–water partition coefficient (Wildman–Crippen LogP) is 2.54. The minimum Gasteiger partial charge on any atom is -0.395 e. The van der Waals surface area contributed by atoms with Crippen LogP contribution in [0.4, 0.5) is 11.6 Å². The zero-order valence-electron chi connectivity index (χ0n) is 14.7. The van der Waals surface area contributed by atoms with Gasteiger partial charge in [-0.05, 0) is 42.2 Å². The summed E-state index contributed by atoms with van der Waals surface area (Å²) in [6, 6.07) is 7.62. The van der Waals surface area contributed by atoms with E-state index >= 15 is 0 Å². The van der Waals surface area contributed by atoms with Gasteiger partial charge in [-0.15, -0.1) is 0 Å². The molecule has 9 nitrogen and oxygen atoms in total. The molecule has 1 aromatic heterocycles. The summed E-state index contributed by atoms with van der Waals surface area (Å²) >= 11 is 0. The molecule has 0 spiro atoms. The van der Waals surface area contributed by atoms with Gasteiger partial charge in [-0.2, -0.15) is 4.31 Å². The highest BCUT2D eigenvalue weighted by Gasteiger charge is 2.26. The molecule has 0 bridgehead atoms. The zero-order valence-corrected chi connectivity index (χ0v) is 15.5. The largest absolute Gasteiger partial charge is 0.433 e. The summed E-state index contributed by atoms with van der Waals surface area (Å²) in [5.74, 6) is -1.20. The third kappa shape index (κ3) is 4.17. The Balaban J connectivity index is 1.76. The van der Waals surface area contributed by atoms with Crippen LogP contribution in [-0.4, -0.2) is 35.9 Å². The third-order valence-corrected chi connectivity index (χ3v) is 6.32. The Morgan fingerprint density at radius 2 is 2.07 bits per heavy atom. The van der Waals surface area contributed by atoms with Crippen LogP contribution in [0, 0.1) is 10.1 Å². The molecule has 3 rings (SSSR count). The summed E-state index contributed by atoms with van der Waals surface area (Å²) in [5.41, 5.74) is 2.32. The molecule has 10 heteroatoms. The maximum absolute atomic E-state index is 12.3. The Kier molecular flexibility index (Phi) is 5.29. The highest BCUT2D eigenvalue weighted by Crippen LogP contribution is 2.25. The molecule has 0 aliphatic carbocycles. The van der Waals surface area contributed by atoms with Gasteiger partial charge in [-0.3, -0.25) is 14.9 Å². The van der Waals surface area contributed by atoms with Crippen molar-refractivity contribution < 1.29 is 22.6 Å². The molecular weight excluding hydrogens is 374 g/mol. The average molecular weight is 393 g/mol. The van der Waals surface area contributed by atoms with Gasteiger partial charge in [0.1, 0.15) is 4.92 Å². The molecule has 27 heavy (non-hydrogen) atoms. The molecule has 2 aromatic rings. The van der Waals surface area contributed by atoms with Crippen LogP contribution >= 0.6 is 0 Å². The minimum absolute atomic E-state index is 0.107. The lowest BCUT2D eigenvalue weighted by molar-refractivity contribution is -0.402. The number of sulfonamides is 1. The van der Waals surface area contributed by atoms with E-state index in [0.29, 0.717) is 25.1 Å². The molecule has 1 N–H and O–H groups in total. The van der Waals surface area contributed by atoms with E-state index in [4.69, 9.17) is 4.42 Å². The van der Waals surface area contributed by atoms with Crippen LogP contribution in [0.15, 0.2) is 34.7 Å². The van der Waals surface area contributed by atoms with Crippen LogP contribution in [0.3, 0.4) is 0 Å². The number of hydrogen-bond acceptors (Lipinski definition) is 6. The molecule has 1 aromatic carbocycles. The second kappa shape index (κ2) is 7.49. The number of rotatable bonds is 6. The van der Waals surface area contributed by atoms with Crippen LogP contribution in [0.1, 0.15) is 35.0 Å². The third-order valence-electron chi connectivity index (χ3n) is 4.29. The summed E-state index contributed by atoms with van der Waals surface area (Å²) in [5, 5.41) is 13.3. The van der Waals surface area contributed by atoms with Crippen molar-refractivity contribution in [2.45, 2.75) is 26.3 Å². The normalized spacial score (nSPS) is 14.6. The van der Waals surface area contributed by atoms with Crippen molar-refractivity contribution in [2.24, 2.45) is 0 Å². The summed E-state index contributed by atoms with van der Waals surface area (Å²) < 4.78 is 30.9. The Morgan fingerprint density at radius 1 is 1.30 bits per heavy atom. The first-order valence-corrected chi connectivity index (χ1v) is 10.1. The number of benzene rings is 1. The number of furan rings is 1. The number of hydrogen-bond donors (Lipinski definition) is 1. The summed E-state index contributed by atoms with van der Waals surface area (Å²) in [4.78, 5) is 22.1. The maximum atomic E-state index is 12.3. The fraction of sp³-hybridized carbons (Fsp3) is 0.353. The first kappa shape index (κ1) is 19.1. The van der Waals surface area contributed by atoms with Crippen molar-refractivity contribution in [1.82, 2.24) is 4.31 Å². The lowest BCUT2D eigenvalue weighted by Crippen LogP contribution is -2.37. The van der Waals surface area contributed by atoms with Crippen molar-refractivity contribution in [3.8, 4) is 0 Å². The summed E-state index contributed by atoms with van der Waals surface area (Å²) in [7, 11) is -3.29. The van der Waals surface area contributed by atoms with Crippen LogP contribution in [0.2, 0.25) is 0 Å². The van der Waals surface area contributed by atoms with Crippen molar-refractivity contribution in [2.75, 3.05) is 17.6 Å². The zero-order chi connectivity index (χ0) is 19.6. The molecule has 0 unspecified atom stereocenters. The van der Waals surface area contributed by atoms with E-state index in [9.17, 15) is 23.3 Å². The van der Waals surface area contributed by atoms with Crippen LogP contribution in [0.25, 0.3) is 0 Å². The van der Waals surface area contributed by atoms with Crippen LogP contribution < -0.4 is 5.32 Å². The highest BCUT2D eigenvalue weighted by atomic mass is 32.2. The van der Waals surface area contributed by atoms with Crippen molar-refractivity contribution >= 4 is 27.5 Å². The first-order valence-electron chi connectivity index (χ1n) is 8.45. The lowest BCUT2D eigenvalue weighted by atomic mass is 10.0. The fourth-order valence-electron chi connectivity index (χ4n) is 2.97. The van der Waals surface area contributed by atoms with E-state index in [1.807, 2.05) is 13.0 Å². The molecule has 0 saturated heterocycles. The standard InChI is InChI=1S/C17H19N3O6S/c1-2-9-27(24,25)19-8-7-12-3-4-14(10-13(12)11-19)18-17(21)15-5-6-16(26-15)20(22)23/h3-6,10H,2,7-9,11H2,1H3,(H,18,21). The van der Waals surface area contributed by atoms with Gasteiger partial charge in [0.2, 0.25) is 10.0 Å². The number of anilines is 1. The Hall–Kier alpha value is -2.72. The number of carbonyl (C=O) groups is 1. The predicted molar refractivity (Wildman–Crippen MR) is 97.9 cm³/mol. The number of fused-ring (bicyclic) bond motifs is 1. The van der Waals surface area contributed by atoms with Crippen molar-refractivity contribution in [3.05, 3.63) is 57.3 Å². The maximum Gasteiger partial charge on any atom is 0.433 e. The lowest BCUT2D eigenvalue weighted by Gasteiger charge is -2.28. The van der Waals surface area contributed by atoms with Crippen LogP contribution in [-0.2, 0) is 23.0 Å². The highest BCUT2D eigenvalue weighted by molar-refractivity contribution is 7.89. The topological polar surface area (TPSA) is 123 Å². The molecule has 144 valence electrons. The van der Waals surface area contributed by atoms with Crippen molar-refractivity contribution in [3.63, 3.8) is 0 Å². The average Bonchev–Trinajstić information content (AvgIpc) is 3.11. The van der Waals surface area contributed by atoms with Crippen molar-refractivity contribution in [1.29, 1.82) is 0 Å². The van der Waals surface area contributed by atoms with Gasteiger partial charge in [0.25, 0.3) is 5.91 Å². The minimum atomic E-state index is -3.29. The van der Waals surface area contributed by atoms with Gasteiger partial charge >= 0.3 is 5.88 Å². The fourth-order valence-corrected chi connectivity index (χ4v) is 4.45. The molecule has 0 atom stereocenters. The Labute approximate surface area is 156 Å². The van der Waals surface area contributed by atoms with E-state index < -0.39 is 26.7 Å². The number of amides is 1. The molecule has 1 aliphatic rings. The quantitative estimate of drug-likeness (QED) is 0.594. The second-order valence-electron chi connectivity index (χ2n) is 6.23. The Morgan fingerprint density at radius 3 is 2.74 bits per heavy atom. The van der Waals surface area contributed by atoms with E-state index in [1.54, 1.807) is 12.1 Å². The molecule has 0 fully saturated rings. The molecule has 0 radical (unpaired) electrons. The molecule has 1 aliphatic heterocycles. The molecule has 0 saturated carbocycles. The number of nitrogens with zero attached hydrogens (tertiary/aromatic N) is 2. The van der Waals surface area contributed by atoms with Gasteiger partial charge in [-0.1, -0.05) is 13.0 Å². The first-order chi connectivity index (χ1) is 12.8. The van der Waals surface area contributed by atoms with Gasteiger partial charge in [0.05, 0.1) is 11.8 Å². The summed E-state index contributed by atoms with van der Waals surface area (Å²) in [6.07, 6.45) is 1.16. The number of nitro groups is 1. The van der Waals surface area contributed by atoms with E-state index in [-0.39, 0.29) is 18.1 Å². The number of nitrogens with one attached hydrogen (secondary N) is 1. The second-order valence-corrected chi connectivity index (χ2v) is 8.32. The van der Waals surface area contributed by atoms with Gasteiger partial charge < -0.3 is 9.73 Å². The van der Waals surface area contributed by atoms with E-state index in [1.165, 1.54) is 10.4 Å². The number of carbonyl (C=O) groups excluding carboxylic acids is 1. The Bertz CT molecular complexity index is 982. The van der Waals surface area contributed by atoms with Gasteiger partial charge in [0.15, 0.2) is 5.76 Å².